The maximum Gasteiger partial charge on any atom is 0.305 e. The van der Waals surface area contributed by atoms with E-state index >= 15 is 0 Å². The first-order chi connectivity index (χ1) is 18.4. The molecule has 0 radical (unpaired) electrons. The number of methoxy groups -OCH3 is 1. The Balaban J connectivity index is 1.28. The summed E-state index contributed by atoms with van der Waals surface area (Å²) in [5.41, 5.74) is 1.02. The fraction of sp³-hybridized carbons (Fsp3) is 0.781. The van der Waals surface area contributed by atoms with Crippen molar-refractivity contribution in [2.24, 2.45) is 46.3 Å². The highest BCUT2D eigenvalue weighted by Gasteiger charge is 2.63. The summed E-state index contributed by atoms with van der Waals surface area (Å²) in [5, 5.41) is 11.8. The van der Waals surface area contributed by atoms with Gasteiger partial charge in [-0.05, 0) is 123 Å². The molecule has 39 heavy (non-hydrogen) atoms. The van der Waals surface area contributed by atoms with E-state index in [-0.39, 0.29) is 33.9 Å². The van der Waals surface area contributed by atoms with Gasteiger partial charge < -0.3 is 9.84 Å². The molecule has 0 aromatic heterocycles. The molecule has 218 valence electrons. The van der Waals surface area contributed by atoms with Gasteiger partial charge in [-0.15, -0.1) is 0 Å². The van der Waals surface area contributed by atoms with Crippen LogP contribution in [-0.4, -0.2) is 38.8 Å². The number of hydrogen-bond donors (Lipinski definition) is 1. The van der Waals surface area contributed by atoms with Crippen LogP contribution in [-0.2, 0) is 23.8 Å². The minimum absolute atomic E-state index is 0.104. The van der Waals surface area contributed by atoms with Crippen LogP contribution >= 0.6 is 0 Å². The maximum absolute atomic E-state index is 13.0. The molecule has 0 amide bonds. The molecule has 0 bridgehead atoms. The first-order valence-electron chi connectivity index (χ1n) is 15.1. The Labute approximate surface area is 235 Å². The molecular formula is C32H48O6S. The van der Waals surface area contributed by atoms with Gasteiger partial charge in [0.05, 0.1) is 24.2 Å². The molecule has 4 aliphatic carbocycles. The lowest BCUT2D eigenvalue weighted by Gasteiger charge is -2.62. The Hall–Kier alpha value is -1.44. The smallest absolute Gasteiger partial charge is 0.305 e. The zero-order chi connectivity index (χ0) is 28.2. The summed E-state index contributed by atoms with van der Waals surface area (Å²) >= 11 is 0. The number of fused-ring (bicyclic) bond motifs is 5. The van der Waals surface area contributed by atoms with E-state index in [1.807, 2.05) is 19.1 Å². The molecule has 0 unspecified atom stereocenters. The van der Waals surface area contributed by atoms with Crippen molar-refractivity contribution in [1.29, 1.82) is 0 Å². The van der Waals surface area contributed by atoms with Crippen LogP contribution in [0.3, 0.4) is 0 Å². The van der Waals surface area contributed by atoms with Crippen LogP contribution in [0.25, 0.3) is 0 Å². The van der Waals surface area contributed by atoms with Crippen molar-refractivity contribution in [2.75, 3.05) is 7.11 Å². The Kier molecular flexibility index (Phi) is 8.02. The molecule has 5 rings (SSSR count). The number of carbonyl (C=O) groups is 1. The molecule has 1 aromatic rings. The van der Waals surface area contributed by atoms with E-state index in [9.17, 15) is 18.3 Å². The number of aliphatic hydroxyl groups excluding tert-OH is 1. The second kappa shape index (κ2) is 10.8. The molecule has 0 spiro atoms. The number of aliphatic hydroxyl groups is 1. The van der Waals surface area contributed by atoms with Crippen LogP contribution in [0, 0.1) is 53.3 Å². The van der Waals surface area contributed by atoms with Crippen LogP contribution in [0.4, 0.5) is 0 Å². The SMILES string of the molecule is COC(=O)CC[C@H](C)[C@@H]1CC[C@@H]2[C@H]3CC[C@H]4C[C@@H](OS(=O)(=O)c5ccc(C)cc5)CC[C@]4(C)[C@@H]3C[C@@H](O)[C@]21C. The fourth-order valence-electron chi connectivity index (χ4n) is 9.82. The van der Waals surface area contributed by atoms with Crippen molar-refractivity contribution in [1.82, 2.24) is 0 Å². The first kappa shape index (κ1) is 29.1. The summed E-state index contributed by atoms with van der Waals surface area (Å²) in [6.07, 6.45) is 8.46. The van der Waals surface area contributed by atoms with Gasteiger partial charge >= 0.3 is 5.97 Å². The van der Waals surface area contributed by atoms with Crippen molar-refractivity contribution in [2.45, 2.75) is 109 Å². The molecule has 4 aliphatic rings. The van der Waals surface area contributed by atoms with E-state index in [0.717, 1.165) is 63.4 Å². The third kappa shape index (κ3) is 5.10. The first-order valence-corrected chi connectivity index (χ1v) is 16.6. The minimum Gasteiger partial charge on any atom is -0.469 e. The normalized spacial score (nSPS) is 40.7. The van der Waals surface area contributed by atoms with Gasteiger partial charge in [-0.25, -0.2) is 0 Å². The summed E-state index contributed by atoms with van der Waals surface area (Å²) in [7, 11) is -2.33. The van der Waals surface area contributed by atoms with Gasteiger partial charge in [0.1, 0.15) is 0 Å². The monoisotopic (exact) mass is 560 g/mol. The quantitative estimate of drug-likeness (QED) is 0.311. The van der Waals surface area contributed by atoms with Gasteiger partial charge in [0.25, 0.3) is 10.1 Å². The average molecular weight is 561 g/mol. The minimum atomic E-state index is -3.78. The van der Waals surface area contributed by atoms with Crippen LogP contribution in [0.15, 0.2) is 29.2 Å². The lowest BCUT2D eigenvalue weighted by Crippen LogP contribution is -2.59. The third-order valence-electron chi connectivity index (χ3n) is 12.1. The molecule has 1 N–H and O–H groups in total. The van der Waals surface area contributed by atoms with Crippen LogP contribution in [0.5, 0.6) is 0 Å². The Morgan fingerprint density at radius 2 is 1.77 bits per heavy atom. The van der Waals surface area contributed by atoms with Gasteiger partial charge in [0.2, 0.25) is 0 Å². The van der Waals surface area contributed by atoms with Crippen molar-refractivity contribution in [3.05, 3.63) is 29.8 Å². The van der Waals surface area contributed by atoms with Crippen molar-refractivity contribution >= 4 is 16.1 Å². The number of esters is 1. The van der Waals surface area contributed by atoms with Crippen molar-refractivity contribution in [3.63, 3.8) is 0 Å². The average Bonchev–Trinajstić information content (AvgIpc) is 3.26. The second-order valence-electron chi connectivity index (χ2n) is 13.8. The summed E-state index contributed by atoms with van der Waals surface area (Å²) in [5.74, 6) is 2.63. The Morgan fingerprint density at radius 1 is 1.05 bits per heavy atom. The molecule has 6 nitrogen and oxygen atoms in total. The molecule has 4 fully saturated rings. The third-order valence-corrected chi connectivity index (χ3v) is 13.5. The number of aryl methyl sites for hydroxylation is 1. The lowest BCUT2D eigenvalue weighted by atomic mass is 9.43. The molecule has 0 aliphatic heterocycles. The van der Waals surface area contributed by atoms with E-state index in [2.05, 4.69) is 20.8 Å². The van der Waals surface area contributed by atoms with Crippen LogP contribution < -0.4 is 0 Å². The van der Waals surface area contributed by atoms with E-state index in [4.69, 9.17) is 8.92 Å². The number of carbonyl (C=O) groups excluding carboxylic acids is 1. The second-order valence-corrected chi connectivity index (χ2v) is 15.4. The molecule has 1 aromatic carbocycles. The van der Waals surface area contributed by atoms with Gasteiger partial charge in [-0.1, -0.05) is 38.5 Å². The topological polar surface area (TPSA) is 89.9 Å². The van der Waals surface area contributed by atoms with Gasteiger partial charge in [0, 0.05) is 6.42 Å². The summed E-state index contributed by atoms with van der Waals surface area (Å²) < 4.78 is 36.7. The highest BCUT2D eigenvalue weighted by atomic mass is 32.2. The summed E-state index contributed by atoms with van der Waals surface area (Å²) in [4.78, 5) is 12.0. The predicted octanol–water partition coefficient (Wildman–Crippen LogP) is 6.29. The maximum atomic E-state index is 13.0. The van der Waals surface area contributed by atoms with Crippen LogP contribution in [0.1, 0.15) is 90.5 Å². The molecule has 0 heterocycles. The van der Waals surface area contributed by atoms with Gasteiger partial charge in [0.15, 0.2) is 0 Å². The van der Waals surface area contributed by atoms with Crippen LogP contribution in [0.2, 0.25) is 0 Å². The molecule has 7 heteroatoms. The zero-order valence-corrected chi connectivity index (χ0v) is 25.2. The fourth-order valence-corrected chi connectivity index (χ4v) is 10.9. The van der Waals surface area contributed by atoms with E-state index in [0.29, 0.717) is 41.9 Å². The summed E-state index contributed by atoms with van der Waals surface area (Å²) in [6, 6.07) is 6.89. The number of rotatable bonds is 7. The highest BCUT2D eigenvalue weighted by molar-refractivity contribution is 7.86. The molecule has 4 saturated carbocycles. The van der Waals surface area contributed by atoms with Crippen molar-refractivity contribution < 1.29 is 27.2 Å². The Morgan fingerprint density at radius 3 is 2.46 bits per heavy atom. The molecule has 0 saturated heterocycles. The standard InChI is InChI=1S/C32H48O6S/c1-20-6-10-24(11-7-20)39(35,36)38-23-16-17-31(3)22(18-23)9-12-25-27-14-13-26(21(2)8-15-30(34)37-5)32(27,4)29(33)19-28(25)31/h6-7,10-11,21-23,25-29,33H,8-9,12-19H2,1-5H3/t21-,22-,23-,25+,26-,27+,28+,29+,31-,32-/m0/s1. The van der Waals surface area contributed by atoms with E-state index in [1.54, 1.807) is 12.1 Å². The highest BCUT2D eigenvalue weighted by Crippen LogP contribution is 2.68. The molecule has 10 atom stereocenters. The number of hydrogen-bond acceptors (Lipinski definition) is 6. The zero-order valence-electron chi connectivity index (χ0n) is 24.4. The van der Waals surface area contributed by atoms with Gasteiger partial charge in [-0.2, -0.15) is 8.42 Å². The number of ether oxygens (including phenoxy) is 1. The lowest BCUT2D eigenvalue weighted by molar-refractivity contribution is -0.173. The van der Waals surface area contributed by atoms with Crippen molar-refractivity contribution in [3.8, 4) is 0 Å². The largest absolute Gasteiger partial charge is 0.469 e. The Bertz CT molecular complexity index is 1150. The predicted molar refractivity (Wildman–Crippen MR) is 150 cm³/mol. The van der Waals surface area contributed by atoms with E-state index in [1.165, 1.54) is 7.11 Å². The summed E-state index contributed by atoms with van der Waals surface area (Å²) in [6.45, 7) is 8.95. The molecular weight excluding hydrogens is 512 g/mol. The van der Waals surface area contributed by atoms with E-state index < -0.39 is 10.1 Å². The number of benzene rings is 1. The van der Waals surface area contributed by atoms with Gasteiger partial charge in [-0.3, -0.25) is 8.98 Å².